The first-order chi connectivity index (χ1) is 16.1. The second-order valence-corrected chi connectivity index (χ2v) is 8.27. The van der Waals surface area contributed by atoms with Gasteiger partial charge in [-0.2, -0.15) is 5.10 Å². The Hall–Kier alpha value is -3.68. The van der Waals surface area contributed by atoms with E-state index in [9.17, 15) is 15.0 Å². The molecular weight excluding hydrogens is 418 g/mol. The lowest BCUT2D eigenvalue weighted by molar-refractivity contribution is 0.0137. The Balaban J connectivity index is 1.13. The summed E-state index contributed by atoms with van der Waals surface area (Å²) in [6.45, 7) is 0.415. The molecule has 0 aliphatic heterocycles. The molecule has 1 amide bonds. The Morgan fingerprint density at radius 1 is 1.03 bits per heavy atom. The minimum absolute atomic E-state index is 0.00611. The monoisotopic (exact) mass is 443 g/mol. The van der Waals surface area contributed by atoms with Gasteiger partial charge in [-0.3, -0.25) is 5.10 Å². The van der Waals surface area contributed by atoms with Gasteiger partial charge in [0.25, 0.3) is 0 Å². The maximum atomic E-state index is 12.3. The van der Waals surface area contributed by atoms with Crippen LogP contribution < -0.4 is 5.32 Å². The fourth-order valence-electron chi connectivity index (χ4n) is 4.50. The van der Waals surface area contributed by atoms with Crippen molar-refractivity contribution in [3.8, 4) is 11.1 Å². The zero-order valence-corrected chi connectivity index (χ0v) is 17.9. The molecule has 5 rings (SSSR count). The molecule has 0 fully saturated rings. The van der Waals surface area contributed by atoms with E-state index in [2.05, 4.69) is 39.8 Å². The van der Waals surface area contributed by atoms with Crippen LogP contribution in [-0.2, 0) is 4.74 Å². The number of aromatic nitrogens is 2. The summed E-state index contributed by atoms with van der Waals surface area (Å²) < 4.78 is 5.50. The lowest BCUT2D eigenvalue weighted by Gasteiger charge is -2.19. The van der Waals surface area contributed by atoms with Crippen molar-refractivity contribution in [2.75, 3.05) is 13.2 Å². The average molecular weight is 444 g/mol. The fraction of sp³-hybridized carbons (Fsp3) is 0.231. The largest absolute Gasteiger partial charge is 0.449 e. The van der Waals surface area contributed by atoms with Gasteiger partial charge in [0.2, 0.25) is 0 Å². The molecule has 1 aromatic heterocycles. The number of H-pyrrole nitrogens is 1. The number of carbonyl (C=O) groups excluding carboxylic acids is 1. The number of alkyl carbamates (subject to hydrolysis) is 1. The molecule has 3 aromatic carbocycles. The second-order valence-electron chi connectivity index (χ2n) is 8.27. The van der Waals surface area contributed by atoms with Gasteiger partial charge < -0.3 is 20.3 Å². The summed E-state index contributed by atoms with van der Waals surface area (Å²) in [5.74, 6) is -0.00611. The minimum Gasteiger partial charge on any atom is -0.449 e. The molecule has 0 spiro atoms. The van der Waals surface area contributed by atoms with E-state index >= 15 is 0 Å². The molecule has 0 saturated carbocycles. The Morgan fingerprint density at radius 3 is 2.45 bits per heavy atom. The molecule has 1 aliphatic rings. The van der Waals surface area contributed by atoms with E-state index in [1.54, 1.807) is 18.3 Å². The van der Waals surface area contributed by atoms with E-state index < -0.39 is 18.3 Å². The van der Waals surface area contributed by atoms with Crippen molar-refractivity contribution >= 4 is 17.0 Å². The molecule has 0 saturated heterocycles. The first-order valence-corrected chi connectivity index (χ1v) is 11.0. The molecule has 33 heavy (non-hydrogen) atoms. The lowest BCUT2D eigenvalue weighted by atomic mass is 9.98. The first kappa shape index (κ1) is 21.2. The van der Waals surface area contributed by atoms with Crippen LogP contribution in [0.3, 0.4) is 0 Å². The zero-order valence-electron chi connectivity index (χ0n) is 17.9. The Labute approximate surface area is 191 Å². The molecule has 0 radical (unpaired) electrons. The topological polar surface area (TPSA) is 107 Å². The second kappa shape index (κ2) is 9.05. The van der Waals surface area contributed by atoms with Gasteiger partial charge in [0.1, 0.15) is 12.7 Å². The van der Waals surface area contributed by atoms with E-state index in [4.69, 9.17) is 4.74 Å². The van der Waals surface area contributed by atoms with E-state index in [1.807, 2.05) is 30.3 Å². The predicted molar refractivity (Wildman–Crippen MR) is 125 cm³/mol. The van der Waals surface area contributed by atoms with Crippen molar-refractivity contribution in [2.24, 2.45) is 0 Å². The molecule has 4 N–H and O–H groups in total. The van der Waals surface area contributed by atoms with Gasteiger partial charge in [0.15, 0.2) is 0 Å². The van der Waals surface area contributed by atoms with Crippen LogP contribution in [-0.4, -0.2) is 45.8 Å². The maximum Gasteiger partial charge on any atom is 0.407 e. The highest BCUT2D eigenvalue weighted by Crippen LogP contribution is 2.44. The summed E-state index contributed by atoms with van der Waals surface area (Å²) in [7, 11) is 0. The van der Waals surface area contributed by atoms with E-state index in [0.717, 1.165) is 22.0 Å². The molecule has 1 heterocycles. The Bertz CT molecular complexity index is 1240. The molecular formula is C26H25N3O4. The number of benzene rings is 3. The Morgan fingerprint density at radius 2 is 1.73 bits per heavy atom. The quantitative estimate of drug-likeness (QED) is 0.347. The van der Waals surface area contributed by atoms with Crippen molar-refractivity contribution in [1.82, 2.24) is 15.5 Å². The van der Waals surface area contributed by atoms with Crippen LogP contribution in [0.5, 0.6) is 0 Å². The van der Waals surface area contributed by atoms with Crippen LogP contribution in [0, 0.1) is 0 Å². The van der Waals surface area contributed by atoms with Gasteiger partial charge in [-0.05, 0) is 46.4 Å². The number of rotatable bonds is 7. The van der Waals surface area contributed by atoms with Crippen LogP contribution in [0.1, 0.15) is 35.1 Å². The number of hydrogen-bond donors (Lipinski definition) is 4. The van der Waals surface area contributed by atoms with Crippen LogP contribution in [0.2, 0.25) is 0 Å². The van der Waals surface area contributed by atoms with Gasteiger partial charge in [0, 0.05) is 17.8 Å². The van der Waals surface area contributed by atoms with Gasteiger partial charge in [-0.25, -0.2) is 4.79 Å². The van der Waals surface area contributed by atoms with Crippen molar-refractivity contribution in [2.45, 2.75) is 24.5 Å². The van der Waals surface area contributed by atoms with Crippen LogP contribution in [0.4, 0.5) is 4.79 Å². The van der Waals surface area contributed by atoms with Crippen LogP contribution >= 0.6 is 0 Å². The average Bonchev–Trinajstić information content (AvgIpc) is 3.44. The van der Waals surface area contributed by atoms with E-state index in [-0.39, 0.29) is 25.5 Å². The predicted octanol–water partition coefficient (Wildman–Crippen LogP) is 3.89. The molecule has 1 aliphatic carbocycles. The van der Waals surface area contributed by atoms with Crippen molar-refractivity contribution in [3.05, 3.63) is 89.6 Å². The number of hydrogen-bond acceptors (Lipinski definition) is 5. The summed E-state index contributed by atoms with van der Waals surface area (Å²) in [5, 5.41) is 31.2. The zero-order chi connectivity index (χ0) is 22.8. The molecule has 7 nitrogen and oxygen atoms in total. The number of carbonyl (C=O) groups is 1. The SMILES string of the molecule is O=C(NCCC(O)C(O)c1ccc2[nH]ncc2c1)OCC1c2ccccc2-c2ccccc21. The smallest absolute Gasteiger partial charge is 0.407 e. The highest BCUT2D eigenvalue weighted by Gasteiger charge is 2.29. The minimum atomic E-state index is -1.06. The molecule has 4 aromatic rings. The lowest BCUT2D eigenvalue weighted by Crippen LogP contribution is -2.30. The summed E-state index contributed by atoms with van der Waals surface area (Å²) in [4.78, 5) is 12.3. The first-order valence-electron chi connectivity index (χ1n) is 11.0. The number of amides is 1. The number of ether oxygens (including phenoxy) is 1. The number of aliphatic hydroxyl groups excluding tert-OH is 2. The summed E-state index contributed by atoms with van der Waals surface area (Å²) >= 11 is 0. The van der Waals surface area contributed by atoms with Gasteiger partial charge in [0.05, 0.1) is 17.8 Å². The highest BCUT2D eigenvalue weighted by molar-refractivity contribution is 5.79. The fourth-order valence-corrected chi connectivity index (χ4v) is 4.50. The molecule has 168 valence electrons. The third kappa shape index (κ3) is 4.20. The number of aliphatic hydroxyl groups is 2. The van der Waals surface area contributed by atoms with E-state index in [1.165, 1.54) is 11.1 Å². The molecule has 2 unspecified atom stereocenters. The van der Waals surface area contributed by atoms with Gasteiger partial charge in [-0.15, -0.1) is 0 Å². The van der Waals surface area contributed by atoms with Gasteiger partial charge in [-0.1, -0.05) is 54.6 Å². The maximum absolute atomic E-state index is 12.3. The van der Waals surface area contributed by atoms with E-state index in [0.29, 0.717) is 5.56 Å². The summed E-state index contributed by atoms with van der Waals surface area (Å²) in [6, 6.07) is 21.7. The molecule has 7 heteroatoms. The number of nitrogens with one attached hydrogen (secondary N) is 2. The normalized spacial score (nSPS) is 14.5. The van der Waals surface area contributed by atoms with Crippen LogP contribution in [0.25, 0.3) is 22.0 Å². The molecule has 2 atom stereocenters. The standard InChI is InChI=1S/C26H25N3O4/c30-24(25(31)16-9-10-23-17(13-16)14-28-29-23)11-12-27-26(32)33-15-22-20-7-3-1-5-18(20)19-6-2-4-8-21(19)22/h1-10,13-14,22,24-25,30-31H,11-12,15H2,(H,27,32)(H,28,29). The number of fused-ring (bicyclic) bond motifs is 4. The summed E-state index contributed by atoms with van der Waals surface area (Å²) in [5.41, 5.74) is 6.11. The van der Waals surface area contributed by atoms with Crippen molar-refractivity contribution in [3.63, 3.8) is 0 Å². The summed E-state index contributed by atoms with van der Waals surface area (Å²) in [6.07, 6.45) is -0.777. The van der Waals surface area contributed by atoms with Crippen molar-refractivity contribution in [1.29, 1.82) is 0 Å². The third-order valence-corrected chi connectivity index (χ3v) is 6.22. The van der Waals surface area contributed by atoms with Crippen molar-refractivity contribution < 1.29 is 19.7 Å². The van der Waals surface area contributed by atoms with Gasteiger partial charge >= 0.3 is 6.09 Å². The number of nitrogens with zero attached hydrogens (tertiary/aromatic N) is 1. The van der Waals surface area contributed by atoms with Crippen LogP contribution in [0.15, 0.2) is 72.9 Å². The molecule has 0 bridgehead atoms. The third-order valence-electron chi connectivity index (χ3n) is 6.22. The number of aromatic amines is 1. The Kier molecular flexibility index (Phi) is 5.81. The highest BCUT2D eigenvalue weighted by atomic mass is 16.5.